The number of carbonyl (C=O) groups is 1. The molecule has 0 aliphatic rings. The average molecular weight is 354 g/mol. The van der Waals surface area contributed by atoms with E-state index in [-0.39, 0.29) is 18.0 Å². The number of hydrogen-bond acceptors (Lipinski definition) is 1. The van der Waals surface area contributed by atoms with Gasteiger partial charge in [0.15, 0.2) is 0 Å². The van der Waals surface area contributed by atoms with E-state index in [9.17, 15) is 4.79 Å². The molecule has 25 heavy (non-hydrogen) atoms. The maximum atomic E-state index is 13.3. The molecule has 0 saturated heterocycles. The highest BCUT2D eigenvalue weighted by molar-refractivity contribution is 6.89. The lowest BCUT2D eigenvalue weighted by Crippen LogP contribution is -2.48. The number of benzene rings is 2. The molecule has 0 bridgehead atoms. The molecule has 0 fully saturated rings. The maximum Gasteiger partial charge on any atom is 0.254 e. The van der Waals surface area contributed by atoms with E-state index in [1.807, 2.05) is 17.0 Å². The van der Waals surface area contributed by atoms with Gasteiger partial charge in [0.25, 0.3) is 5.91 Å². The van der Waals surface area contributed by atoms with E-state index in [2.05, 4.69) is 83.7 Å². The largest absolute Gasteiger partial charge is 0.334 e. The summed E-state index contributed by atoms with van der Waals surface area (Å²) in [6, 6.07) is 17.1. The third kappa shape index (κ3) is 4.40. The highest BCUT2D eigenvalue weighted by atomic mass is 28.3. The molecule has 0 unspecified atom stereocenters. The predicted octanol–water partition coefficient (Wildman–Crippen LogP) is 5.16. The van der Waals surface area contributed by atoms with Gasteiger partial charge in [0.2, 0.25) is 0 Å². The van der Waals surface area contributed by atoms with Crippen LogP contribution in [0.3, 0.4) is 0 Å². The van der Waals surface area contributed by atoms with Crippen molar-refractivity contribution in [3.05, 3.63) is 54.1 Å². The third-order valence-corrected chi connectivity index (χ3v) is 6.54. The standard InChI is InChI=1S/C22H31NOSi/c1-16(2)23(17(3)4)22(24)20-14-13-19(15-21(20)25(5,6)7)18-11-9-8-10-12-18/h8-17H,1-7H3. The fourth-order valence-electron chi connectivity index (χ4n) is 3.37. The Labute approximate surface area is 153 Å². The van der Waals surface area contributed by atoms with Crippen LogP contribution in [0.4, 0.5) is 0 Å². The van der Waals surface area contributed by atoms with Gasteiger partial charge in [0.1, 0.15) is 0 Å². The van der Waals surface area contributed by atoms with Crippen molar-refractivity contribution in [2.75, 3.05) is 0 Å². The fraction of sp³-hybridized carbons (Fsp3) is 0.409. The molecule has 0 aliphatic heterocycles. The van der Waals surface area contributed by atoms with E-state index in [1.165, 1.54) is 16.3 Å². The predicted molar refractivity (Wildman–Crippen MR) is 111 cm³/mol. The van der Waals surface area contributed by atoms with Crippen molar-refractivity contribution in [1.29, 1.82) is 0 Å². The van der Waals surface area contributed by atoms with E-state index in [4.69, 9.17) is 0 Å². The Balaban J connectivity index is 2.57. The van der Waals surface area contributed by atoms with Gasteiger partial charge in [-0.25, -0.2) is 0 Å². The number of amides is 1. The minimum atomic E-state index is -1.67. The van der Waals surface area contributed by atoms with Gasteiger partial charge >= 0.3 is 0 Å². The fourth-order valence-corrected chi connectivity index (χ4v) is 4.95. The first-order valence-corrected chi connectivity index (χ1v) is 12.7. The lowest BCUT2D eigenvalue weighted by Gasteiger charge is -2.33. The summed E-state index contributed by atoms with van der Waals surface area (Å²) in [6.45, 7) is 15.3. The van der Waals surface area contributed by atoms with Crippen molar-refractivity contribution in [1.82, 2.24) is 4.90 Å². The Bertz CT molecular complexity index is 721. The summed E-state index contributed by atoms with van der Waals surface area (Å²) in [5.74, 6) is 0.155. The van der Waals surface area contributed by atoms with Gasteiger partial charge in [-0.05, 0) is 50.1 Å². The van der Waals surface area contributed by atoms with Crippen molar-refractivity contribution in [2.45, 2.75) is 59.4 Å². The second-order valence-electron chi connectivity index (χ2n) is 8.28. The van der Waals surface area contributed by atoms with Crippen LogP contribution in [0.5, 0.6) is 0 Å². The molecule has 0 atom stereocenters. The molecule has 0 spiro atoms. The highest BCUT2D eigenvalue weighted by Crippen LogP contribution is 2.22. The molecular weight excluding hydrogens is 322 g/mol. The van der Waals surface area contributed by atoms with E-state index in [1.54, 1.807) is 0 Å². The van der Waals surface area contributed by atoms with Crippen LogP contribution in [0.25, 0.3) is 11.1 Å². The van der Waals surface area contributed by atoms with Crippen LogP contribution in [-0.4, -0.2) is 31.0 Å². The lowest BCUT2D eigenvalue weighted by molar-refractivity contribution is 0.0645. The topological polar surface area (TPSA) is 20.3 Å². The van der Waals surface area contributed by atoms with Gasteiger partial charge in [-0.15, -0.1) is 0 Å². The summed E-state index contributed by atoms with van der Waals surface area (Å²) in [5, 5.41) is 1.24. The Morgan fingerprint density at radius 1 is 0.840 bits per heavy atom. The zero-order valence-corrected chi connectivity index (χ0v) is 17.6. The van der Waals surface area contributed by atoms with Crippen molar-refractivity contribution in [3.63, 3.8) is 0 Å². The lowest BCUT2D eigenvalue weighted by atomic mass is 10.0. The number of rotatable bonds is 5. The Kier molecular flexibility index (Phi) is 5.89. The monoisotopic (exact) mass is 353 g/mol. The summed E-state index contributed by atoms with van der Waals surface area (Å²) in [7, 11) is -1.67. The zero-order valence-electron chi connectivity index (χ0n) is 16.6. The molecule has 2 nitrogen and oxygen atoms in total. The van der Waals surface area contributed by atoms with Crippen molar-refractivity contribution >= 4 is 19.2 Å². The molecule has 0 saturated carbocycles. The van der Waals surface area contributed by atoms with Crippen LogP contribution < -0.4 is 5.19 Å². The van der Waals surface area contributed by atoms with E-state index < -0.39 is 8.07 Å². The van der Waals surface area contributed by atoms with Crippen molar-refractivity contribution in [3.8, 4) is 11.1 Å². The maximum absolute atomic E-state index is 13.3. The molecule has 3 heteroatoms. The molecule has 1 amide bonds. The molecule has 0 radical (unpaired) electrons. The SMILES string of the molecule is CC(C)N(C(=O)c1ccc(-c2ccccc2)cc1[Si](C)(C)C)C(C)C. The zero-order chi connectivity index (χ0) is 18.8. The molecule has 134 valence electrons. The number of hydrogen-bond donors (Lipinski definition) is 0. The van der Waals surface area contributed by atoms with Crippen LogP contribution >= 0.6 is 0 Å². The minimum absolute atomic E-state index is 0.155. The summed E-state index contributed by atoms with van der Waals surface area (Å²) in [6.07, 6.45) is 0. The Morgan fingerprint density at radius 3 is 1.88 bits per heavy atom. The molecule has 0 aliphatic carbocycles. The third-order valence-electron chi connectivity index (χ3n) is 4.51. The van der Waals surface area contributed by atoms with Crippen molar-refractivity contribution in [2.24, 2.45) is 0 Å². The van der Waals surface area contributed by atoms with Crippen LogP contribution in [0.2, 0.25) is 19.6 Å². The van der Waals surface area contributed by atoms with Gasteiger partial charge in [-0.2, -0.15) is 0 Å². The van der Waals surface area contributed by atoms with Crippen LogP contribution in [0.1, 0.15) is 38.1 Å². The normalized spacial score (nSPS) is 11.9. The molecule has 0 heterocycles. The minimum Gasteiger partial charge on any atom is -0.334 e. The van der Waals surface area contributed by atoms with Gasteiger partial charge in [0.05, 0.1) is 8.07 Å². The Hall–Kier alpha value is -1.87. The Morgan fingerprint density at radius 2 is 1.40 bits per heavy atom. The first-order chi connectivity index (χ1) is 11.6. The number of carbonyl (C=O) groups excluding carboxylic acids is 1. The number of nitrogens with zero attached hydrogens (tertiary/aromatic N) is 1. The molecule has 0 aromatic heterocycles. The summed E-state index contributed by atoms with van der Waals surface area (Å²) in [5.41, 5.74) is 3.27. The van der Waals surface area contributed by atoms with Crippen LogP contribution in [0, 0.1) is 0 Å². The van der Waals surface area contributed by atoms with Crippen molar-refractivity contribution < 1.29 is 4.79 Å². The van der Waals surface area contributed by atoms with E-state index >= 15 is 0 Å². The molecular formula is C22H31NOSi. The van der Waals surface area contributed by atoms with Gasteiger partial charge in [0, 0.05) is 17.6 Å². The summed E-state index contributed by atoms with van der Waals surface area (Å²) < 4.78 is 0. The van der Waals surface area contributed by atoms with Gasteiger partial charge in [-0.3, -0.25) is 4.79 Å². The van der Waals surface area contributed by atoms with Crippen LogP contribution in [-0.2, 0) is 0 Å². The van der Waals surface area contributed by atoms with E-state index in [0.29, 0.717) is 0 Å². The van der Waals surface area contributed by atoms with Gasteiger partial charge < -0.3 is 4.90 Å². The molecule has 2 aromatic rings. The van der Waals surface area contributed by atoms with Crippen LogP contribution in [0.15, 0.2) is 48.5 Å². The quantitative estimate of drug-likeness (QED) is 0.680. The summed E-state index contributed by atoms with van der Waals surface area (Å²) in [4.78, 5) is 15.3. The smallest absolute Gasteiger partial charge is 0.254 e. The second-order valence-corrected chi connectivity index (χ2v) is 13.3. The first kappa shape index (κ1) is 19.5. The summed E-state index contributed by atoms with van der Waals surface area (Å²) >= 11 is 0. The van der Waals surface area contributed by atoms with Gasteiger partial charge in [-0.1, -0.05) is 62.1 Å². The van der Waals surface area contributed by atoms with E-state index in [0.717, 1.165) is 5.56 Å². The molecule has 2 rings (SSSR count). The highest BCUT2D eigenvalue weighted by Gasteiger charge is 2.28. The first-order valence-electron chi connectivity index (χ1n) is 9.15. The average Bonchev–Trinajstić information content (AvgIpc) is 2.53. The second kappa shape index (κ2) is 7.57. The molecule has 2 aromatic carbocycles. The molecule has 0 N–H and O–H groups in total.